The third-order valence-corrected chi connectivity index (χ3v) is 3.88. The number of nitrogens with zero attached hydrogens (tertiary/aromatic N) is 4. The second-order valence-corrected chi connectivity index (χ2v) is 5.36. The van der Waals surface area contributed by atoms with Crippen LogP contribution in [0, 0.1) is 6.92 Å². The van der Waals surface area contributed by atoms with Gasteiger partial charge in [-0.3, -0.25) is 14.9 Å². The molecule has 0 aromatic carbocycles. The first-order valence-electron chi connectivity index (χ1n) is 7.25. The molecular formula is C15H15N5O2. The summed E-state index contributed by atoms with van der Waals surface area (Å²) in [5.41, 5.74) is 1.78. The van der Waals surface area contributed by atoms with E-state index >= 15 is 0 Å². The highest BCUT2D eigenvalue weighted by molar-refractivity contribution is 5.64. The molecule has 0 aliphatic carbocycles. The van der Waals surface area contributed by atoms with E-state index in [1.54, 1.807) is 24.5 Å². The predicted octanol–water partition coefficient (Wildman–Crippen LogP) is 1.75. The Morgan fingerprint density at radius 3 is 2.86 bits per heavy atom. The molecule has 22 heavy (non-hydrogen) atoms. The molecule has 1 N–H and O–H groups in total. The van der Waals surface area contributed by atoms with E-state index in [9.17, 15) is 4.79 Å². The monoisotopic (exact) mass is 297 g/mol. The van der Waals surface area contributed by atoms with Gasteiger partial charge in [-0.2, -0.15) is 4.98 Å². The molecule has 1 aromatic rings. The molecule has 1 saturated heterocycles. The van der Waals surface area contributed by atoms with Gasteiger partial charge < -0.3 is 4.74 Å². The standard InChI is InChI=1S/C15H15N5O2/c1-9-12-14(20(19-9)11-3-2-8-22-11)17-13(18-15(12)21)10-4-6-16-7-5-10/h4-7,11,19H,2-3,8H2,1H3. The van der Waals surface area contributed by atoms with Gasteiger partial charge in [0.2, 0.25) is 0 Å². The number of hydrogen-bond acceptors (Lipinski definition) is 5. The minimum absolute atomic E-state index is 0.101. The van der Waals surface area contributed by atoms with Crippen LogP contribution in [-0.4, -0.2) is 31.3 Å². The zero-order chi connectivity index (χ0) is 15.1. The van der Waals surface area contributed by atoms with Crippen molar-refractivity contribution in [1.29, 1.82) is 0 Å². The number of nitrogens with one attached hydrogen (secondary N) is 1. The second kappa shape index (κ2) is 5.03. The lowest BCUT2D eigenvalue weighted by Gasteiger charge is -2.13. The molecule has 0 bridgehead atoms. The number of ether oxygens (including phenoxy) is 1. The predicted molar refractivity (Wildman–Crippen MR) is 79.5 cm³/mol. The fraction of sp³-hybridized carbons (Fsp3) is 0.333. The number of aromatic amines is 1. The van der Waals surface area contributed by atoms with E-state index in [0.29, 0.717) is 17.2 Å². The van der Waals surface area contributed by atoms with Crippen molar-refractivity contribution in [3.8, 4) is 22.8 Å². The number of rotatable bonds is 2. The maximum Gasteiger partial charge on any atom is 0.284 e. The van der Waals surface area contributed by atoms with Crippen molar-refractivity contribution in [2.24, 2.45) is 0 Å². The molecule has 0 radical (unpaired) electrons. The second-order valence-electron chi connectivity index (χ2n) is 5.36. The van der Waals surface area contributed by atoms with Crippen molar-refractivity contribution in [2.45, 2.75) is 26.0 Å². The Balaban J connectivity index is 1.93. The number of pyridine rings is 1. The normalized spacial score (nSPS) is 18.1. The van der Waals surface area contributed by atoms with Crippen LogP contribution in [0.3, 0.4) is 0 Å². The van der Waals surface area contributed by atoms with E-state index in [4.69, 9.17) is 4.74 Å². The first kappa shape index (κ1) is 13.1. The minimum Gasteiger partial charge on any atom is -0.357 e. The highest BCUT2D eigenvalue weighted by Gasteiger charge is 2.27. The first-order valence-corrected chi connectivity index (χ1v) is 7.25. The van der Waals surface area contributed by atoms with Crippen LogP contribution in [0.4, 0.5) is 0 Å². The Labute approximate surface area is 126 Å². The first-order chi connectivity index (χ1) is 10.7. The molecule has 1 fully saturated rings. The molecule has 1 atom stereocenters. The lowest BCUT2D eigenvalue weighted by atomic mass is 10.2. The third-order valence-electron chi connectivity index (χ3n) is 3.88. The lowest BCUT2D eigenvalue weighted by Crippen LogP contribution is -2.17. The zero-order valence-corrected chi connectivity index (χ0v) is 12.1. The Bertz CT molecular complexity index is 833. The largest absolute Gasteiger partial charge is 0.357 e. The van der Waals surface area contributed by atoms with Crippen LogP contribution >= 0.6 is 0 Å². The lowest BCUT2D eigenvalue weighted by molar-refractivity contribution is 0.0474. The average molecular weight is 297 g/mol. The molecule has 7 nitrogen and oxygen atoms in total. The van der Waals surface area contributed by atoms with Gasteiger partial charge >= 0.3 is 0 Å². The van der Waals surface area contributed by atoms with E-state index in [-0.39, 0.29) is 11.8 Å². The summed E-state index contributed by atoms with van der Waals surface area (Å²) in [6, 6.07) is 3.58. The van der Waals surface area contributed by atoms with E-state index in [1.165, 1.54) is 0 Å². The molecule has 3 aliphatic heterocycles. The van der Waals surface area contributed by atoms with E-state index in [2.05, 4.69) is 20.1 Å². The summed E-state index contributed by atoms with van der Waals surface area (Å²) < 4.78 is 7.54. The Hall–Kier alpha value is -2.54. The number of aryl methyl sites for hydroxylation is 1. The van der Waals surface area contributed by atoms with E-state index < -0.39 is 0 Å². The van der Waals surface area contributed by atoms with E-state index in [0.717, 1.165) is 30.7 Å². The van der Waals surface area contributed by atoms with Gasteiger partial charge in [0, 0.05) is 30.3 Å². The third kappa shape index (κ3) is 2.01. The molecule has 112 valence electrons. The summed E-state index contributed by atoms with van der Waals surface area (Å²) in [6.45, 7) is 2.58. The molecule has 1 aromatic heterocycles. The van der Waals surface area contributed by atoms with Crippen LogP contribution in [0.5, 0.6) is 0 Å². The molecule has 1 unspecified atom stereocenters. The van der Waals surface area contributed by atoms with Crippen molar-refractivity contribution < 1.29 is 4.74 Å². The van der Waals surface area contributed by atoms with Gasteiger partial charge in [0.25, 0.3) is 5.56 Å². The van der Waals surface area contributed by atoms with E-state index in [1.807, 2.05) is 11.6 Å². The molecule has 4 heterocycles. The highest BCUT2D eigenvalue weighted by Crippen LogP contribution is 2.30. The van der Waals surface area contributed by atoms with Crippen LogP contribution in [0.2, 0.25) is 0 Å². The van der Waals surface area contributed by atoms with Gasteiger partial charge in [-0.25, -0.2) is 9.67 Å². The average Bonchev–Trinajstić information content (AvgIpc) is 3.16. The highest BCUT2D eigenvalue weighted by atomic mass is 16.5. The molecule has 0 saturated carbocycles. The van der Waals surface area contributed by atoms with Gasteiger partial charge in [-0.1, -0.05) is 0 Å². The van der Waals surface area contributed by atoms with Crippen LogP contribution in [0.1, 0.15) is 24.8 Å². The van der Waals surface area contributed by atoms with Gasteiger partial charge in [0.05, 0.1) is 0 Å². The number of H-pyrrole nitrogens is 1. The SMILES string of the molecule is Cc1[nH]n(C2CCCO2)c2nc(-c3ccncc3)nc(=O)c1-2. The maximum absolute atomic E-state index is 12.4. The van der Waals surface area contributed by atoms with Crippen molar-refractivity contribution in [3.63, 3.8) is 0 Å². The number of aromatic nitrogens is 5. The molecule has 0 spiro atoms. The minimum atomic E-state index is -0.276. The molecular weight excluding hydrogens is 282 g/mol. The fourth-order valence-electron chi connectivity index (χ4n) is 2.82. The Morgan fingerprint density at radius 2 is 2.14 bits per heavy atom. The number of fused-ring (bicyclic) bond motifs is 1. The van der Waals surface area contributed by atoms with Gasteiger partial charge in [-0.15, -0.1) is 0 Å². The summed E-state index contributed by atoms with van der Waals surface area (Å²) in [7, 11) is 0. The van der Waals surface area contributed by atoms with Crippen molar-refractivity contribution in [2.75, 3.05) is 6.61 Å². The number of hydrogen-bond donors (Lipinski definition) is 1. The van der Waals surface area contributed by atoms with Gasteiger partial charge in [0.1, 0.15) is 11.8 Å². The summed E-state index contributed by atoms with van der Waals surface area (Å²) in [6.07, 6.45) is 5.12. The molecule has 3 aliphatic rings. The summed E-state index contributed by atoms with van der Waals surface area (Å²) in [5.74, 6) is 1.00. The van der Waals surface area contributed by atoms with Crippen molar-refractivity contribution in [3.05, 3.63) is 40.6 Å². The Morgan fingerprint density at radius 1 is 1.32 bits per heavy atom. The van der Waals surface area contributed by atoms with Crippen molar-refractivity contribution in [1.82, 2.24) is 24.7 Å². The summed E-state index contributed by atoms with van der Waals surface area (Å²) >= 11 is 0. The fourth-order valence-corrected chi connectivity index (χ4v) is 2.82. The van der Waals surface area contributed by atoms with Crippen LogP contribution in [-0.2, 0) is 4.74 Å². The summed E-state index contributed by atoms with van der Waals surface area (Å²) in [5, 5.41) is 3.19. The van der Waals surface area contributed by atoms with Gasteiger partial charge in [-0.05, 0) is 31.9 Å². The molecule has 0 amide bonds. The van der Waals surface area contributed by atoms with Crippen LogP contribution < -0.4 is 5.56 Å². The van der Waals surface area contributed by atoms with Crippen molar-refractivity contribution >= 4 is 0 Å². The Kier molecular flexibility index (Phi) is 3.00. The zero-order valence-electron chi connectivity index (χ0n) is 12.1. The van der Waals surface area contributed by atoms with Crippen LogP contribution in [0.25, 0.3) is 22.8 Å². The maximum atomic E-state index is 12.4. The quantitative estimate of drug-likeness (QED) is 0.779. The topological polar surface area (TPSA) is 85.7 Å². The molecule has 4 rings (SSSR count). The summed E-state index contributed by atoms with van der Waals surface area (Å²) in [4.78, 5) is 25.0. The van der Waals surface area contributed by atoms with Crippen LogP contribution in [0.15, 0.2) is 29.3 Å². The molecule has 7 heteroatoms. The smallest absolute Gasteiger partial charge is 0.284 e. The van der Waals surface area contributed by atoms with Gasteiger partial charge in [0.15, 0.2) is 11.6 Å².